The lowest BCUT2D eigenvalue weighted by Crippen LogP contribution is -2.32. The van der Waals surface area contributed by atoms with Gasteiger partial charge in [0.25, 0.3) is 5.91 Å². The Bertz CT molecular complexity index is 457. The second-order valence-corrected chi connectivity index (χ2v) is 4.58. The van der Waals surface area contributed by atoms with Crippen LogP contribution in [0.25, 0.3) is 0 Å². The molecule has 1 N–H and O–H groups in total. The lowest BCUT2D eigenvalue weighted by atomic mass is 10.2. The summed E-state index contributed by atoms with van der Waals surface area (Å²) < 4.78 is 5.40. The monoisotopic (exact) mass is 280 g/mol. The largest absolute Gasteiger partial charge is 0.481 e. The first-order chi connectivity index (χ1) is 9.43. The average molecular weight is 280 g/mol. The van der Waals surface area contributed by atoms with Gasteiger partial charge in [-0.25, -0.2) is 4.98 Å². The van der Waals surface area contributed by atoms with Gasteiger partial charge in [0.05, 0.1) is 18.1 Å². The van der Waals surface area contributed by atoms with Crippen LogP contribution >= 0.6 is 0 Å². The fourth-order valence-electron chi connectivity index (χ4n) is 1.63. The molecule has 0 saturated carbocycles. The van der Waals surface area contributed by atoms with E-state index in [2.05, 4.69) is 4.98 Å². The highest BCUT2D eigenvalue weighted by molar-refractivity contribution is 5.94. The molecule has 0 radical (unpaired) electrons. The van der Waals surface area contributed by atoms with Crippen molar-refractivity contribution < 1.29 is 19.4 Å². The highest BCUT2D eigenvalue weighted by atomic mass is 16.5. The van der Waals surface area contributed by atoms with E-state index >= 15 is 0 Å². The number of hydrogen-bond acceptors (Lipinski definition) is 4. The second-order valence-electron chi connectivity index (χ2n) is 4.58. The van der Waals surface area contributed by atoms with Crippen molar-refractivity contribution in [1.82, 2.24) is 9.88 Å². The standard InChI is InChI=1S/C14H20N2O4/c1-4-16(8-7-13(17)18)14(19)11-5-6-12(15-9-11)20-10(2)3/h5-6,9-10H,4,7-8H2,1-3H3,(H,17,18). The van der Waals surface area contributed by atoms with E-state index in [9.17, 15) is 9.59 Å². The molecule has 0 spiro atoms. The van der Waals surface area contributed by atoms with Crippen LogP contribution in [-0.4, -0.2) is 46.1 Å². The number of carboxylic acids is 1. The van der Waals surface area contributed by atoms with Crippen molar-refractivity contribution in [3.63, 3.8) is 0 Å². The summed E-state index contributed by atoms with van der Waals surface area (Å²) in [6, 6.07) is 3.27. The van der Waals surface area contributed by atoms with Gasteiger partial charge in [0.15, 0.2) is 0 Å². The van der Waals surface area contributed by atoms with Crippen molar-refractivity contribution in [1.29, 1.82) is 0 Å². The van der Waals surface area contributed by atoms with Gasteiger partial charge in [-0.1, -0.05) is 0 Å². The van der Waals surface area contributed by atoms with Gasteiger partial charge in [-0.05, 0) is 26.8 Å². The van der Waals surface area contributed by atoms with Crippen molar-refractivity contribution in [2.24, 2.45) is 0 Å². The summed E-state index contributed by atoms with van der Waals surface area (Å²) in [5.74, 6) is -0.683. The van der Waals surface area contributed by atoms with Gasteiger partial charge in [0.1, 0.15) is 0 Å². The summed E-state index contributed by atoms with van der Waals surface area (Å²) in [4.78, 5) is 28.3. The lowest BCUT2D eigenvalue weighted by molar-refractivity contribution is -0.137. The number of carboxylic acid groups (broad SMARTS) is 1. The van der Waals surface area contributed by atoms with Crippen LogP contribution in [0.2, 0.25) is 0 Å². The zero-order chi connectivity index (χ0) is 15.1. The molecule has 1 rings (SSSR count). The number of carbonyl (C=O) groups is 2. The molecule has 0 saturated heterocycles. The number of nitrogens with zero attached hydrogens (tertiary/aromatic N) is 2. The normalized spacial score (nSPS) is 10.4. The molecule has 6 heteroatoms. The van der Waals surface area contributed by atoms with Crippen LogP contribution in [0.5, 0.6) is 5.88 Å². The number of hydrogen-bond donors (Lipinski definition) is 1. The number of pyridine rings is 1. The quantitative estimate of drug-likeness (QED) is 0.824. The predicted molar refractivity (Wildman–Crippen MR) is 73.8 cm³/mol. The van der Waals surface area contributed by atoms with E-state index in [1.807, 2.05) is 20.8 Å². The van der Waals surface area contributed by atoms with Crippen LogP contribution in [0.1, 0.15) is 37.6 Å². The summed E-state index contributed by atoms with van der Waals surface area (Å²) in [6.07, 6.45) is 1.40. The van der Waals surface area contributed by atoms with Crippen molar-refractivity contribution in [2.75, 3.05) is 13.1 Å². The van der Waals surface area contributed by atoms with Gasteiger partial charge in [-0.2, -0.15) is 0 Å². The third-order valence-corrected chi connectivity index (χ3v) is 2.60. The minimum Gasteiger partial charge on any atom is -0.481 e. The fourth-order valence-corrected chi connectivity index (χ4v) is 1.63. The van der Waals surface area contributed by atoms with Crippen LogP contribution in [-0.2, 0) is 4.79 Å². The van der Waals surface area contributed by atoms with E-state index in [-0.39, 0.29) is 25.0 Å². The minimum atomic E-state index is -0.921. The molecule has 6 nitrogen and oxygen atoms in total. The number of ether oxygens (including phenoxy) is 1. The Labute approximate surface area is 118 Å². The van der Waals surface area contributed by atoms with E-state index in [0.29, 0.717) is 18.0 Å². The Morgan fingerprint density at radius 1 is 1.40 bits per heavy atom. The van der Waals surface area contributed by atoms with Gasteiger partial charge in [-0.3, -0.25) is 9.59 Å². The van der Waals surface area contributed by atoms with Crippen molar-refractivity contribution in [3.8, 4) is 5.88 Å². The van der Waals surface area contributed by atoms with E-state index in [4.69, 9.17) is 9.84 Å². The maximum absolute atomic E-state index is 12.2. The Morgan fingerprint density at radius 3 is 2.55 bits per heavy atom. The molecule has 1 aromatic heterocycles. The molecule has 0 fully saturated rings. The third-order valence-electron chi connectivity index (χ3n) is 2.60. The minimum absolute atomic E-state index is 0.0201. The second kappa shape index (κ2) is 7.47. The first kappa shape index (κ1) is 15.9. The van der Waals surface area contributed by atoms with Crippen molar-refractivity contribution in [3.05, 3.63) is 23.9 Å². The predicted octanol–water partition coefficient (Wildman–Crippen LogP) is 1.81. The number of amides is 1. The van der Waals surface area contributed by atoms with Crippen LogP contribution in [0.3, 0.4) is 0 Å². The van der Waals surface area contributed by atoms with Gasteiger partial charge in [0.2, 0.25) is 5.88 Å². The van der Waals surface area contributed by atoms with Crippen LogP contribution < -0.4 is 4.74 Å². The highest BCUT2D eigenvalue weighted by Crippen LogP contribution is 2.11. The number of aromatic nitrogens is 1. The molecule has 20 heavy (non-hydrogen) atoms. The fraction of sp³-hybridized carbons (Fsp3) is 0.500. The number of rotatable bonds is 7. The lowest BCUT2D eigenvalue weighted by Gasteiger charge is -2.20. The molecule has 0 unspecified atom stereocenters. The van der Waals surface area contributed by atoms with Gasteiger partial charge >= 0.3 is 5.97 Å². The molecule has 1 amide bonds. The maximum atomic E-state index is 12.2. The first-order valence-electron chi connectivity index (χ1n) is 6.57. The summed E-state index contributed by atoms with van der Waals surface area (Å²) in [6.45, 7) is 6.24. The molecule has 1 aromatic rings. The molecular formula is C14H20N2O4. The summed E-state index contributed by atoms with van der Waals surface area (Å²) in [5, 5.41) is 8.66. The summed E-state index contributed by atoms with van der Waals surface area (Å²) >= 11 is 0. The van der Waals surface area contributed by atoms with Gasteiger partial charge in [-0.15, -0.1) is 0 Å². The molecule has 110 valence electrons. The van der Waals surface area contributed by atoms with Crippen LogP contribution in [0, 0.1) is 0 Å². The van der Waals surface area contributed by atoms with E-state index in [0.717, 1.165) is 0 Å². The zero-order valence-electron chi connectivity index (χ0n) is 12.0. The third kappa shape index (κ3) is 4.87. The topological polar surface area (TPSA) is 79.7 Å². The first-order valence-corrected chi connectivity index (χ1v) is 6.57. The Balaban J connectivity index is 2.72. The highest BCUT2D eigenvalue weighted by Gasteiger charge is 2.15. The molecular weight excluding hydrogens is 260 g/mol. The van der Waals surface area contributed by atoms with Crippen LogP contribution in [0.15, 0.2) is 18.3 Å². The van der Waals surface area contributed by atoms with E-state index < -0.39 is 5.97 Å². The Hall–Kier alpha value is -2.11. The number of carbonyl (C=O) groups excluding carboxylic acids is 1. The zero-order valence-corrected chi connectivity index (χ0v) is 12.0. The Morgan fingerprint density at radius 2 is 2.10 bits per heavy atom. The average Bonchev–Trinajstić information content (AvgIpc) is 2.39. The summed E-state index contributed by atoms with van der Waals surface area (Å²) in [5.41, 5.74) is 0.424. The maximum Gasteiger partial charge on any atom is 0.305 e. The van der Waals surface area contributed by atoms with Crippen molar-refractivity contribution in [2.45, 2.75) is 33.3 Å². The van der Waals surface area contributed by atoms with Gasteiger partial charge < -0.3 is 14.7 Å². The molecule has 1 heterocycles. The van der Waals surface area contributed by atoms with E-state index in [1.54, 1.807) is 12.1 Å². The van der Waals surface area contributed by atoms with E-state index in [1.165, 1.54) is 11.1 Å². The smallest absolute Gasteiger partial charge is 0.305 e. The summed E-state index contributed by atoms with van der Waals surface area (Å²) in [7, 11) is 0. The molecule has 0 aliphatic rings. The molecule has 0 bridgehead atoms. The molecule has 0 aliphatic carbocycles. The number of aliphatic carboxylic acids is 1. The molecule has 0 atom stereocenters. The van der Waals surface area contributed by atoms with Gasteiger partial charge in [0, 0.05) is 25.4 Å². The van der Waals surface area contributed by atoms with Crippen molar-refractivity contribution >= 4 is 11.9 Å². The molecule has 0 aromatic carbocycles. The SMILES string of the molecule is CCN(CCC(=O)O)C(=O)c1ccc(OC(C)C)nc1. The van der Waals surface area contributed by atoms with Crippen LogP contribution in [0.4, 0.5) is 0 Å². The molecule has 0 aliphatic heterocycles. The Kier molecular flexibility index (Phi) is 5.96.